The molecule has 0 aliphatic carbocycles. The quantitative estimate of drug-likeness (QED) is 0.648. The molecule has 2 N–H and O–H groups in total. The molecule has 0 aliphatic rings. The second-order valence-electron chi connectivity index (χ2n) is 6.95. The lowest BCUT2D eigenvalue weighted by molar-refractivity contribution is -0.114. The molecule has 5 nitrogen and oxygen atoms in total. The zero-order valence-corrected chi connectivity index (χ0v) is 16.9. The number of rotatable bonds is 6. The van der Waals surface area contributed by atoms with E-state index in [-0.39, 0.29) is 18.4 Å². The van der Waals surface area contributed by atoms with E-state index in [4.69, 9.17) is 0 Å². The van der Waals surface area contributed by atoms with Crippen molar-refractivity contribution in [3.63, 3.8) is 0 Å². The van der Waals surface area contributed by atoms with Crippen LogP contribution in [0.25, 0.3) is 0 Å². The average molecular weight is 387 g/mol. The summed E-state index contributed by atoms with van der Waals surface area (Å²) in [6.45, 7) is 4.16. The molecule has 3 aromatic rings. The highest BCUT2D eigenvalue weighted by Gasteiger charge is 2.14. The Bertz CT molecular complexity index is 995. The molecule has 0 unspecified atom stereocenters. The largest absolute Gasteiger partial charge is 0.376 e. The highest BCUT2D eigenvalue weighted by atomic mass is 16.2. The number of nitrogens with zero attached hydrogens (tertiary/aromatic N) is 1. The van der Waals surface area contributed by atoms with Crippen molar-refractivity contribution >= 4 is 28.9 Å². The van der Waals surface area contributed by atoms with E-state index in [1.54, 1.807) is 36.2 Å². The van der Waals surface area contributed by atoms with Crippen molar-refractivity contribution in [2.24, 2.45) is 0 Å². The van der Waals surface area contributed by atoms with Crippen molar-refractivity contribution in [3.8, 4) is 0 Å². The summed E-state index contributed by atoms with van der Waals surface area (Å²) in [5, 5.41) is 6.04. The SMILES string of the molecule is Cc1cccc(C)c1NCC(=O)Nc1cccc(C(=O)N(C)c2ccccc2)c1. The van der Waals surface area contributed by atoms with Crippen LogP contribution in [0.4, 0.5) is 17.1 Å². The minimum atomic E-state index is -0.173. The van der Waals surface area contributed by atoms with E-state index in [1.165, 1.54) is 0 Å². The Morgan fingerprint density at radius 3 is 2.21 bits per heavy atom. The Kier molecular flexibility index (Phi) is 6.29. The Labute approximate surface area is 171 Å². The van der Waals surface area contributed by atoms with Crippen LogP contribution in [0, 0.1) is 13.8 Å². The fraction of sp³-hybridized carbons (Fsp3) is 0.167. The van der Waals surface area contributed by atoms with Gasteiger partial charge in [-0.25, -0.2) is 0 Å². The maximum atomic E-state index is 12.8. The van der Waals surface area contributed by atoms with Crippen LogP contribution < -0.4 is 15.5 Å². The lowest BCUT2D eigenvalue weighted by Crippen LogP contribution is -2.26. The van der Waals surface area contributed by atoms with Gasteiger partial charge in [-0.15, -0.1) is 0 Å². The van der Waals surface area contributed by atoms with Crippen molar-refractivity contribution in [2.45, 2.75) is 13.8 Å². The van der Waals surface area contributed by atoms with E-state index in [1.807, 2.05) is 62.4 Å². The minimum Gasteiger partial charge on any atom is -0.376 e. The topological polar surface area (TPSA) is 61.4 Å². The molecule has 0 aliphatic heterocycles. The first kappa shape index (κ1) is 20.1. The zero-order chi connectivity index (χ0) is 20.8. The highest BCUT2D eigenvalue weighted by Crippen LogP contribution is 2.20. The first-order valence-corrected chi connectivity index (χ1v) is 9.49. The summed E-state index contributed by atoms with van der Waals surface area (Å²) in [6.07, 6.45) is 0. The van der Waals surface area contributed by atoms with Gasteiger partial charge in [0.1, 0.15) is 0 Å². The van der Waals surface area contributed by atoms with Gasteiger partial charge in [-0.3, -0.25) is 9.59 Å². The zero-order valence-electron chi connectivity index (χ0n) is 16.9. The maximum Gasteiger partial charge on any atom is 0.258 e. The van der Waals surface area contributed by atoms with Crippen LogP contribution in [0.15, 0.2) is 72.8 Å². The summed E-state index contributed by atoms with van der Waals surface area (Å²) in [6, 6.07) is 22.4. The van der Waals surface area contributed by atoms with Crippen LogP contribution in [-0.2, 0) is 4.79 Å². The van der Waals surface area contributed by atoms with Crippen LogP contribution in [0.5, 0.6) is 0 Å². The number of anilines is 3. The van der Waals surface area contributed by atoms with E-state index >= 15 is 0 Å². The van der Waals surface area contributed by atoms with Gasteiger partial charge in [0.25, 0.3) is 5.91 Å². The van der Waals surface area contributed by atoms with E-state index in [0.717, 1.165) is 22.5 Å². The molecule has 0 aromatic heterocycles. The van der Waals surface area contributed by atoms with Crippen LogP contribution >= 0.6 is 0 Å². The van der Waals surface area contributed by atoms with E-state index in [2.05, 4.69) is 10.6 Å². The number of nitrogens with one attached hydrogen (secondary N) is 2. The number of para-hydroxylation sites is 2. The summed E-state index contributed by atoms with van der Waals surface area (Å²) in [5.74, 6) is -0.311. The fourth-order valence-electron chi connectivity index (χ4n) is 3.16. The van der Waals surface area contributed by atoms with Gasteiger partial charge in [0.05, 0.1) is 6.54 Å². The molecule has 0 atom stereocenters. The van der Waals surface area contributed by atoms with Crippen LogP contribution in [0.1, 0.15) is 21.5 Å². The predicted molar refractivity (Wildman–Crippen MR) is 119 cm³/mol. The Morgan fingerprint density at radius 2 is 1.52 bits per heavy atom. The molecule has 29 heavy (non-hydrogen) atoms. The van der Waals surface area contributed by atoms with Crippen LogP contribution in [0.3, 0.4) is 0 Å². The first-order chi connectivity index (χ1) is 14.0. The molecular formula is C24H25N3O2. The minimum absolute atomic E-state index is 0.138. The van der Waals surface area contributed by atoms with Gasteiger partial charge in [-0.1, -0.05) is 42.5 Å². The van der Waals surface area contributed by atoms with Crippen molar-refractivity contribution in [1.82, 2.24) is 0 Å². The lowest BCUT2D eigenvalue weighted by Gasteiger charge is -2.18. The average Bonchev–Trinajstić information content (AvgIpc) is 2.73. The van der Waals surface area contributed by atoms with Crippen molar-refractivity contribution in [3.05, 3.63) is 89.5 Å². The predicted octanol–water partition coefficient (Wildman–Crippen LogP) is 4.63. The number of hydrogen-bond acceptors (Lipinski definition) is 3. The second-order valence-corrected chi connectivity index (χ2v) is 6.95. The Hall–Kier alpha value is -3.60. The molecule has 3 aromatic carbocycles. The van der Waals surface area contributed by atoms with Gasteiger partial charge in [-0.2, -0.15) is 0 Å². The van der Waals surface area contributed by atoms with Gasteiger partial charge in [-0.05, 0) is 55.3 Å². The third-order valence-corrected chi connectivity index (χ3v) is 4.75. The molecule has 0 spiro atoms. The number of benzene rings is 3. The number of aryl methyl sites for hydroxylation is 2. The van der Waals surface area contributed by atoms with E-state index < -0.39 is 0 Å². The maximum absolute atomic E-state index is 12.8. The summed E-state index contributed by atoms with van der Waals surface area (Å²) in [5.41, 5.74) is 5.06. The summed E-state index contributed by atoms with van der Waals surface area (Å²) in [4.78, 5) is 26.7. The van der Waals surface area contributed by atoms with Crippen LogP contribution in [0.2, 0.25) is 0 Å². The van der Waals surface area contributed by atoms with Crippen molar-refractivity contribution in [1.29, 1.82) is 0 Å². The Morgan fingerprint density at radius 1 is 0.862 bits per heavy atom. The molecule has 0 radical (unpaired) electrons. The molecule has 0 heterocycles. The number of carbonyl (C=O) groups excluding carboxylic acids is 2. The molecule has 0 fully saturated rings. The molecule has 148 valence electrons. The molecule has 0 saturated carbocycles. The molecule has 0 bridgehead atoms. The summed E-state index contributed by atoms with van der Waals surface area (Å²) >= 11 is 0. The van der Waals surface area contributed by atoms with Gasteiger partial charge in [0.15, 0.2) is 0 Å². The van der Waals surface area contributed by atoms with E-state index in [0.29, 0.717) is 11.3 Å². The lowest BCUT2D eigenvalue weighted by atomic mass is 10.1. The first-order valence-electron chi connectivity index (χ1n) is 9.49. The fourth-order valence-corrected chi connectivity index (χ4v) is 3.16. The van der Waals surface area contributed by atoms with E-state index in [9.17, 15) is 9.59 Å². The number of hydrogen-bond donors (Lipinski definition) is 2. The second kappa shape index (κ2) is 9.06. The van der Waals surface area contributed by atoms with Gasteiger partial charge >= 0.3 is 0 Å². The standard InChI is InChI=1S/C24H25N3O2/c1-17-9-7-10-18(2)23(17)25-16-22(28)26-20-12-8-11-19(15-20)24(29)27(3)21-13-5-4-6-14-21/h4-15,25H,16H2,1-3H3,(H,26,28). The van der Waals surface area contributed by atoms with Crippen molar-refractivity contribution in [2.75, 3.05) is 29.1 Å². The highest BCUT2D eigenvalue weighted by molar-refractivity contribution is 6.06. The molecular weight excluding hydrogens is 362 g/mol. The molecule has 3 rings (SSSR count). The van der Waals surface area contributed by atoms with Crippen LogP contribution in [-0.4, -0.2) is 25.4 Å². The summed E-state index contributed by atoms with van der Waals surface area (Å²) < 4.78 is 0. The Balaban J connectivity index is 1.65. The summed E-state index contributed by atoms with van der Waals surface area (Å²) in [7, 11) is 1.73. The smallest absolute Gasteiger partial charge is 0.258 e. The van der Waals surface area contributed by atoms with Gasteiger partial charge in [0, 0.05) is 29.7 Å². The van der Waals surface area contributed by atoms with Gasteiger partial charge in [0.2, 0.25) is 5.91 Å². The third kappa shape index (κ3) is 5.02. The number of amides is 2. The normalized spacial score (nSPS) is 10.3. The third-order valence-electron chi connectivity index (χ3n) is 4.75. The van der Waals surface area contributed by atoms with Gasteiger partial charge < -0.3 is 15.5 Å². The monoisotopic (exact) mass is 387 g/mol. The van der Waals surface area contributed by atoms with Crippen molar-refractivity contribution < 1.29 is 9.59 Å². The molecule has 2 amide bonds. The number of carbonyl (C=O) groups is 2. The molecule has 0 saturated heterocycles. The molecule has 5 heteroatoms.